The Morgan fingerprint density at radius 2 is 1.98 bits per heavy atom. The molecule has 8 nitrogen and oxygen atoms in total. The maximum atomic E-state index is 14.3. The summed E-state index contributed by atoms with van der Waals surface area (Å²) in [5.41, 5.74) is -2.01. The number of ether oxygens (including phenoxy) is 1. The first kappa shape index (κ1) is 24.9. The summed E-state index contributed by atoms with van der Waals surface area (Å²) in [7, 11) is 0. The third-order valence-electron chi connectivity index (χ3n) is 6.35. The molecule has 0 spiro atoms. The summed E-state index contributed by atoms with van der Waals surface area (Å²) >= 11 is 6.43. The first-order valence-electron chi connectivity index (χ1n) is 13.3. The van der Waals surface area contributed by atoms with Crippen LogP contribution in [0.15, 0.2) is 64.6 Å². The number of aliphatic hydroxyl groups is 1. The largest absolute Gasteiger partial charge is 0.485 e. The minimum Gasteiger partial charge on any atom is -0.485 e. The quantitative estimate of drug-likeness (QED) is 0.369. The van der Waals surface area contributed by atoms with E-state index in [0.29, 0.717) is 48.5 Å². The third-order valence-corrected chi connectivity index (χ3v) is 6.70. The van der Waals surface area contributed by atoms with Crippen molar-refractivity contribution >= 4 is 17.7 Å². The number of rotatable bonds is 5. The summed E-state index contributed by atoms with van der Waals surface area (Å²) < 4.78 is 52.2. The van der Waals surface area contributed by atoms with Crippen LogP contribution in [0.2, 0.25) is 5.02 Å². The van der Waals surface area contributed by atoms with Gasteiger partial charge in [-0.25, -0.2) is 13.8 Å². The van der Waals surface area contributed by atoms with Gasteiger partial charge in [0.15, 0.2) is 5.82 Å². The molecule has 40 heavy (non-hydrogen) atoms. The molecule has 0 bridgehead atoms. The maximum absolute atomic E-state index is 14.3. The van der Waals surface area contributed by atoms with Gasteiger partial charge in [-0.15, -0.1) is 0 Å². The maximum Gasteiger partial charge on any atom is 0.277 e. The molecule has 206 valence electrons. The molecule has 1 N–H and O–H groups in total. The lowest BCUT2D eigenvalue weighted by Gasteiger charge is -2.20. The molecule has 0 fully saturated rings. The van der Waals surface area contributed by atoms with Crippen molar-refractivity contribution < 1.29 is 21.4 Å². The Hall–Kier alpha value is -4.15. The lowest BCUT2D eigenvalue weighted by molar-refractivity contribution is 0.0767. The van der Waals surface area contributed by atoms with Crippen LogP contribution < -0.4 is 15.9 Å². The molecule has 0 aromatic carbocycles. The zero-order valence-electron chi connectivity index (χ0n) is 23.5. The van der Waals surface area contributed by atoms with E-state index in [1.165, 1.54) is 47.5 Å². The Bertz CT molecular complexity index is 1850. The summed E-state index contributed by atoms with van der Waals surface area (Å²) in [6.45, 7) is 0.0991. The van der Waals surface area contributed by atoms with E-state index in [9.17, 15) is 23.5 Å². The molecule has 0 unspecified atom stereocenters. The first-order valence-corrected chi connectivity index (χ1v) is 12.7. The molecule has 11 heteroatoms. The van der Waals surface area contributed by atoms with Gasteiger partial charge in [0.1, 0.15) is 34.7 Å². The molecule has 5 rings (SSSR count). The Balaban J connectivity index is 1.67. The Kier molecular flexibility index (Phi) is 6.70. The molecule has 0 saturated carbocycles. The van der Waals surface area contributed by atoms with Crippen molar-refractivity contribution in [2.75, 3.05) is 0 Å². The number of aromatic nitrogens is 4. The predicted octanol–water partition coefficient (Wildman–Crippen LogP) is 4.87. The normalized spacial score (nSPS) is 15.1. The SMILES string of the molecule is [2H]C([2H])(Oc1cc2n(c(=O)c1Cl)-c1cc(-n3cccc(C(C)(C)O)c3=O)ncc1/C=C/CCC2)c1ncc(F)cc1F. The molecule has 4 aromatic heterocycles. The molecule has 0 aliphatic carbocycles. The molecular weight excluding hydrogens is 542 g/mol. The van der Waals surface area contributed by atoms with Gasteiger partial charge in [0.25, 0.3) is 11.1 Å². The van der Waals surface area contributed by atoms with Gasteiger partial charge < -0.3 is 9.84 Å². The van der Waals surface area contributed by atoms with E-state index >= 15 is 0 Å². The summed E-state index contributed by atoms with van der Waals surface area (Å²) in [6.07, 6.45) is 8.97. The van der Waals surface area contributed by atoms with Crippen molar-refractivity contribution in [1.82, 2.24) is 19.1 Å². The number of hydrogen-bond donors (Lipinski definition) is 1. The van der Waals surface area contributed by atoms with Crippen molar-refractivity contribution in [2.24, 2.45) is 0 Å². The number of aryl methyl sites for hydroxylation is 1. The second-order valence-electron chi connectivity index (χ2n) is 9.69. The second kappa shape index (κ2) is 10.8. The highest BCUT2D eigenvalue weighted by atomic mass is 35.5. The van der Waals surface area contributed by atoms with E-state index in [-0.39, 0.29) is 17.1 Å². The number of pyridine rings is 4. The van der Waals surface area contributed by atoms with E-state index in [1.54, 1.807) is 18.2 Å². The average molecular weight is 569 g/mol. The molecule has 0 radical (unpaired) electrons. The van der Waals surface area contributed by atoms with Crippen LogP contribution in [-0.4, -0.2) is 24.2 Å². The van der Waals surface area contributed by atoms with Crippen LogP contribution >= 0.6 is 11.6 Å². The van der Waals surface area contributed by atoms with Crippen LogP contribution in [0.5, 0.6) is 5.75 Å². The van der Waals surface area contributed by atoms with Crippen molar-refractivity contribution in [3.05, 3.63) is 115 Å². The first-order chi connectivity index (χ1) is 19.8. The van der Waals surface area contributed by atoms with Crippen LogP contribution in [0.1, 0.15) is 51.9 Å². The molecule has 0 amide bonds. The average Bonchev–Trinajstić information content (AvgIpc) is 2.99. The van der Waals surface area contributed by atoms with Gasteiger partial charge in [-0.3, -0.25) is 23.7 Å². The highest BCUT2D eigenvalue weighted by Crippen LogP contribution is 2.29. The monoisotopic (exact) mass is 568 g/mol. The van der Waals surface area contributed by atoms with E-state index in [4.69, 9.17) is 19.1 Å². The highest BCUT2D eigenvalue weighted by molar-refractivity contribution is 6.31. The molecular formula is C29H25ClF2N4O4. The van der Waals surface area contributed by atoms with Gasteiger partial charge >= 0.3 is 0 Å². The lowest BCUT2D eigenvalue weighted by atomic mass is 10.0. The van der Waals surface area contributed by atoms with Crippen molar-refractivity contribution in [2.45, 2.75) is 45.3 Å². The van der Waals surface area contributed by atoms with Crippen LogP contribution in [-0.2, 0) is 18.6 Å². The van der Waals surface area contributed by atoms with Gasteiger partial charge in [-0.2, -0.15) is 0 Å². The molecule has 5 heterocycles. The zero-order valence-corrected chi connectivity index (χ0v) is 22.2. The van der Waals surface area contributed by atoms with Crippen molar-refractivity contribution in [3.63, 3.8) is 0 Å². The molecule has 4 aromatic rings. The topological polar surface area (TPSA) is 99.2 Å². The summed E-state index contributed by atoms with van der Waals surface area (Å²) in [4.78, 5) is 34.9. The summed E-state index contributed by atoms with van der Waals surface area (Å²) in [5, 5.41) is 9.97. The molecule has 0 saturated heterocycles. The van der Waals surface area contributed by atoms with E-state index < -0.39 is 45.6 Å². The predicted molar refractivity (Wildman–Crippen MR) is 146 cm³/mol. The number of nitrogens with zero attached hydrogens (tertiary/aromatic N) is 4. The van der Waals surface area contributed by atoms with Crippen LogP contribution in [0.25, 0.3) is 17.6 Å². The van der Waals surface area contributed by atoms with Crippen LogP contribution in [0.3, 0.4) is 0 Å². The fourth-order valence-electron chi connectivity index (χ4n) is 4.38. The fourth-order valence-corrected chi connectivity index (χ4v) is 4.56. The number of fused-ring (bicyclic) bond motifs is 3. The van der Waals surface area contributed by atoms with Gasteiger partial charge in [-0.1, -0.05) is 23.8 Å². The van der Waals surface area contributed by atoms with Crippen molar-refractivity contribution in [3.8, 4) is 17.3 Å². The highest BCUT2D eigenvalue weighted by Gasteiger charge is 2.23. The number of halogens is 3. The number of allylic oxidation sites excluding steroid dienone is 1. The van der Waals surface area contributed by atoms with E-state index in [0.717, 1.165) is 0 Å². The number of hydrogen-bond acceptors (Lipinski definition) is 6. The van der Waals surface area contributed by atoms with Gasteiger partial charge in [0.2, 0.25) is 0 Å². The minimum atomic E-state index is -2.89. The van der Waals surface area contributed by atoms with Crippen LogP contribution in [0, 0.1) is 11.6 Å². The fraction of sp³-hybridized carbons (Fsp3) is 0.241. The summed E-state index contributed by atoms with van der Waals surface area (Å²) in [5.74, 6) is -2.42. The van der Waals surface area contributed by atoms with Crippen molar-refractivity contribution in [1.29, 1.82) is 0 Å². The minimum absolute atomic E-state index is 0.152. The zero-order chi connectivity index (χ0) is 30.4. The Morgan fingerprint density at radius 3 is 2.73 bits per heavy atom. The van der Waals surface area contributed by atoms with Crippen LogP contribution in [0.4, 0.5) is 8.78 Å². The third kappa shape index (κ3) is 5.32. The molecule has 1 aliphatic rings. The van der Waals surface area contributed by atoms with Gasteiger partial charge in [0.05, 0.1) is 20.2 Å². The van der Waals surface area contributed by atoms with E-state index in [2.05, 4.69) is 9.97 Å². The Labute approximate surface area is 235 Å². The molecule has 0 atom stereocenters. The molecule has 1 aliphatic heterocycles. The smallest absolute Gasteiger partial charge is 0.277 e. The standard InChI is InChI=1S/C29H25ClF2N4O4/c1-29(2,39)20-9-6-10-35(27(20)37)25-13-23-17(14-34-25)7-4-3-5-8-19-12-24(26(30)28(38)36(19)23)40-16-22-21(32)11-18(31)15-33-22/h4,6-7,9-15,39H,3,5,8,16H2,1-2H3/b7-4+/i16D2. The summed E-state index contributed by atoms with van der Waals surface area (Å²) in [6, 6.07) is 6.53. The lowest BCUT2D eigenvalue weighted by Crippen LogP contribution is -2.31. The van der Waals surface area contributed by atoms with Gasteiger partial charge in [0, 0.05) is 47.4 Å². The second-order valence-corrected chi connectivity index (χ2v) is 10.1. The Morgan fingerprint density at radius 1 is 1.18 bits per heavy atom. The van der Waals surface area contributed by atoms with E-state index in [1.807, 2.05) is 6.08 Å². The van der Waals surface area contributed by atoms with Gasteiger partial charge in [-0.05, 0) is 45.2 Å².